The van der Waals surface area contributed by atoms with Crippen molar-refractivity contribution in [3.05, 3.63) is 210 Å². The lowest BCUT2D eigenvalue weighted by molar-refractivity contribution is 0.670. The summed E-state index contributed by atoms with van der Waals surface area (Å²) < 4.78 is 6.62. The molecule has 61 heavy (non-hydrogen) atoms. The van der Waals surface area contributed by atoms with Crippen LogP contribution < -0.4 is 0 Å². The number of hydrogen-bond acceptors (Lipinski definition) is 4. The van der Waals surface area contributed by atoms with E-state index in [4.69, 9.17) is 19.4 Å². The number of benzene rings is 9. The number of rotatable bonds is 5. The van der Waals surface area contributed by atoms with E-state index in [-0.39, 0.29) is 0 Å². The molecule has 9 aromatic carbocycles. The standard InChI is InChI=1S/C57H35N3O/c1-6-19-49-34(10-1)24-27-52-53(49)51-21-9-20-50(54(51)61-52)39-15-7-13-35(28-39)36-14-8-16-40(29-36)55-58-56(41-22-25-47-43(32-41)30-37-11-2-4-17-45(37)47)60-57(59-55)42-23-26-48-44(33-42)31-38-12-3-5-18-46(38)48/h1-29,32-33H,30-31H2. The lowest BCUT2D eigenvalue weighted by Crippen LogP contribution is -2.01. The second kappa shape index (κ2) is 13.3. The van der Waals surface area contributed by atoms with Crippen LogP contribution in [0.3, 0.4) is 0 Å². The maximum Gasteiger partial charge on any atom is 0.164 e. The van der Waals surface area contributed by atoms with Crippen LogP contribution in [0.4, 0.5) is 0 Å². The fourth-order valence-electron chi connectivity index (χ4n) is 9.83. The minimum absolute atomic E-state index is 0.643. The Balaban J connectivity index is 0.915. The molecule has 284 valence electrons. The highest BCUT2D eigenvalue weighted by Gasteiger charge is 2.23. The molecule has 2 heterocycles. The summed E-state index contributed by atoms with van der Waals surface area (Å²) >= 11 is 0. The number of furan rings is 1. The molecule has 0 atom stereocenters. The summed E-state index contributed by atoms with van der Waals surface area (Å²) in [6.07, 6.45) is 1.80. The zero-order valence-corrected chi connectivity index (χ0v) is 33.1. The molecule has 4 nitrogen and oxygen atoms in total. The van der Waals surface area contributed by atoms with Crippen molar-refractivity contribution >= 4 is 32.7 Å². The first-order chi connectivity index (χ1) is 30.2. The highest BCUT2D eigenvalue weighted by molar-refractivity contribution is 6.20. The van der Waals surface area contributed by atoms with Crippen LogP contribution in [0, 0.1) is 0 Å². The Hall–Kier alpha value is -7.95. The quantitative estimate of drug-likeness (QED) is 0.175. The van der Waals surface area contributed by atoms with E-state index in [1.54, 1.807) is 0 Å². The Labute approximate surface area is 352 Å². The number of fused-ring (bicyclic) bond motifs is 11. The van der Waals surface area contributed by atoms with Crippen LogP contribution in [0.1, 0.15) is 22.3 Å². The van der Waals surface area contributed by atoms with E-state index in [9.17, 15) is 0 Å². The van der Waals surface area contributed by atoms with E-state index in [1.165, 1.54) is 55.3 Å². The molecule has 2 aliphatic rings. The lowest BCUT2D eigenvalue weighted by atomic mass is 9.96. The van der Waals surface area contributed by atoms with Gasteiger partial charge in [0.2, 0.25) is 0 Å². The van der Waals surface area contributed by atoms with E-state index >= 15 is 0 Å². The van der Waals surface area contributed by atoms with E-state index in [1.807, 2.05) is 0 Å². The summed E-state index contributed by atoms with van der Waals surface area (Å²) in [5.74, 6) is 1.98. The largest absolute Gasteiger partial charge is 0.455 e. The Morgan fingerprint density at radius 3 is 1.49 bits per heavy atom. The van der Waals surface area contributed by atoms with Gasteiger partial charge in [0, 0.05) is 33.0 Å². The number of hydrogen-bond donors (Lipinski definition) is 0. The van der Waals surface area contributed by atoms with Crippen LogP contribution in [0.2, 0.25) is 0 Å². The van der Waals surface area contributed by atoms with Crippen molar-refractivity contribution in [3.8, 4) is 78.7 Å². The molecule has 0 saturated heterocycles. The lowest BCUT2D eigenvalue weighted by Gasteiger charge is -2.12. The molecule has 0 N–H and O–H groups in total. The molecule has 11 aromatic rings. The number of nitrogens with zero attached hydrogens (tertiary/aromatic N) is 3. The summed E-state index contributed by atoms with van der Waals surface area (Å²) in [6, 6.07) is 67.2. The predicted molar refractivity (Wildman–Crippen MR) is 248 cm³/mol. The molecule has 0 fully saturated rings. The van der Waals surface area contributed by atoms with Crippen LogP contribution in [0.5, 0.6) is 0 Å². The van der Waals surface area contributed by atoms with E-state index in [0.717, 1.165) is 73.7 Å². The van der Waals surface area contributed by atoms with Crippen molar-refractivity contribution < 1.29 is 4.42 Å². The van der Waals surface area contributed by atoms with Crippen LogP contribution >= 0.6 is 0 Å². The van der Waals surface area contributed by atoms with E-state index in [2.05, 4.69) is 188 Å². The number of aromatic nitrogens is 3. The molecule has 0 aliphatic heterocycles. The molecular weight excluding hydrogens is 743 g/mol. The zero-order chi connectivity index (χ0) is 40.0. The van der Waals surface area contributed by atoms with Gasteiger partial charge in [-0.25, -0.2) is 15.0 Å². The molecule has 0 amide bonds. The van der Waals surface area contributed by atoms with Crippen LogP contribution in [0.25, 0.3) is 111 Å². The van der Waals surface area contributed by atoms with Crippen molar-refractivity contribution in [2.45, 2.75) is 12.8 Å². The van der Waals surface area contributed by atoms with Crippen LogP contribution in [-0.2, 0) is 12.8 Å². The smallest absolute Gasteiger partial charge is 0.164 e. The third-order valence-corrected chi connectivity index (χ3v) is 12.8. The second-order valence-electron chi connectivity index (χ2n) is 16.3. The molecule has 0 radical (unpaired) electrons. The molecule has 0 spiro atoms. The molecule has 13 rings (SSSR count). The Morgan fingerprint density at radius 1 is 0.328 bits per heavy atom. The first-order valence-corrected chi connectivity index (χ1v) is 20.9. The summed E-state index contributed by atoms with van der Waals surface area (Å²) in [4.78, 5) is 15.6. The van der Waals surface area contributed by atoms with Crippen molar-refractivity contribution in [3.63, 3.8) is 0 Å². The molecule has 0 bridgehead atoms. The minimum atomic E-state index is 0.643. The van der Waals surface area contributed by atoms with Gasteiger partial charge in [0.25, 0.3) is 0 Å². The topological polar surface area (TPSA) is 51.8 Å². The highest BCUT2D eigenvalue weighted by Crippen LogP contribution is 2.42. The van der Waals surface area contributed by atoms with Crippen molar-refractivity contribution in [1.82, 2.24) is 15.0 Å². The first-order valence-electron chi connectivity index (χ1n) is 20.9. The summed E-state index contributed by atoms with van der Waals surface area (Å²) in [5, 5.41) is 4.69. The summed E-state index contributed by atoms with van der Waals surface area (Å²) in [6.45, 7) is 0. The molecular formula is C57H35N3O. The van der Waals surface area contributed by atoms with Gasteiger partial charge in [0.05, 0.1) is 0 Å². The van der Waals surface area contributed by atoms with E-state index < -0.39 is 0 Å². The van der Waals surface area contributed by atoms with Gasteiger partial charge in [0.15, 0.2) is 17.5 Å². The Morgan fingerprint density at radius 2 is 0.820 bits per heavy atom. The highest BCUT2D eigenvalue weighted by atomic mass is 16.3. The first kappa shape index (κ1) is 34.0. The fourth-order valence-corrected chi connectivity index (χ4v) is 9.83. The predicted octanol–water partition coefficient (Wildman–Crippen LogP) is 14.4. The van der Waals surface area contributed by atoms with Crippen molar-refractivity contribution in [2.75, 3.05) is 0 Å². The van der Waals surface area contributed by atoms with Gasteiger partial charge in [-0.1, -0.05) is 158 Å². The zero-order valence-electron chi connectivity index (χ0n) is 33.1. The molecule has 2 aliphatic carbocycles. The Bertz CT molecular complexity index is 3500. The monoisotopic (exact) mass is 777 g/mol. The summed E-state index contributed by atoms with van der Waals surface area (Å²) in [5.41, 5.74) is 19.5. The maximum absolute atomic E-state index is 6.62. The molecule has 0 unspecified atom stereocenters. The average molecular weight is 778 g/mol. The number of para-hydroxylation sites is 1. The third kappa shape index (κ3) is 5.49. The maximum atomic E-state index is 6.62. The van der Waals surface area contributed by atoms with Crippen LogP contribution in [0.15, 0.2) is 192 Å². The fraction of sp³-hybridized carbons (Fsp3) is 0.0351. The van der Waals surface area contributed by atoms with Gasteiger partial charge < -0.3 is 4.42 Å². The van der Waals surface area contributed by atoms with Gasteiger partial charge in [-0.3, -0.25) is 0 Å². The summed E-state index contributed by atoms with van der Waals surface area (Å²) in [7, 11) is 0. The van der Waals surface area contributed by atoms with Crippen LogP contribution in [-0.4, -0.2) is 15.0 Å². The minimum Gasteiger partial charge on any atom is -0.455 e. The van der Waals surface area contributed by atoms with Gasteiger partial charge in [0.1, 0.15) is 11.2 Å². The third-order valence-electron chi connectivity index (χ3n) is 12.8. The van der Waals surface area contributed by atoms with E-state index in [0.29, 0.717) is 17.5 Å². The average Bonchev–Trinajstić information content (AvgIpc) is 4.02. The SMILES string of the molecule is c1cc(-c2cccc(-c3cccc4c3oc3ccc5ccccc5c34)c2)cc(-c2nc(-c3ccc4c(c3)Cc3ccccc3-4)nc(-c3ccc4c(c3)Cc3ccccc3-4)n2)c1. The van der Waals surface area contributed by atoms with Gasteiger partial charge in [-0.05, 0) is 115 Å². The molecule has 0 saturated carbocycles. The normalized spacial score (nSPS) is 12.5. The Kier molecular flexibility index (Phi) is 7.40. The van der Waals surface area contributed by atoms with Gasteiger partial charge in [-0.15, -0.1) is 0 Å². The molecule has 2 aromatic heterocycles. The van der Waals surface area contributed by atoms with Gasteiger partial charge in [-0.2, -0.15) is 0 Å². The second-order valence-corrected chi connectivity index (χ2v) is 16.3. The van der Waals surface area contributed by atoms with Crippen molar-refractivity contribution in [2.24, 2.45) is 0 Å². The van der Waals surface area contributed by atoms with Gasteiger partial charge >= 0.3 is 0 Å². The van der Waals surface area contributed by atoms with Crippen molar-refractivity contribution in [1.29, 1.82) is 0 Å². The molecule has 4 heteroatoms.